The van der Waals surface area contributed by atoms with Gasteiger partial charge < -0.3 is 142 Å². The summed E-state index contributed by atoms with van der Waals surface area (Å²) in [6.07, 6.45) is -14.1. The molecule has 0 saturated carbocycles. The third-order valence-electron chi connectivity index (χ3n) is 21.7. The second-order valence-corrected chi connectivity index (χ2v) is 30.9. The van der Waals surface area contributed by atoms with Crippen LogP contribution in [0.3, 0.4) is 0 Å². The van der Waals surface area contributed by atoms with Crippen molar-refractivity contribution in [3.63, 3.8) is 0 Å². The predicted octanol–water partition coefficient (Wildman–Crippen LogP) is 4.33. The zero-order chi connectivity index (χ0) is 87.4. The Morgan fingerprint density at radius 2 is 1.15 bits per heavy atom. The fourth-order valence-electron chi connectivity index (χ4n) is 15.2. The van der Waals surface area contributed by atoms with E-state index in [0.29, 0.717) is 12.8 Å². The van der Waals surface area contributed by atoms with Crippen molar-refractivity contribution in [2.24, 2.45) is 0 Å². The summed E-state index contributed by atoms with van der Waals surface area (Å²) in [7, 11) is 1.42. The van der Waals surface area contributed by atoms with Gasteiger partial charge in [-0.15, -0.1) is 0 Å². The minimum atomic E-state index is -2.47. The number of aliphatic carboxylic acids is 2. The molecule has 17 bridgehead atoms. The number of phenolic OH excluding ortho intramolecular Hbond substituents is 4. The summed E-state index contributed by atoms with van der Waals surface area (Å²) >= 11 is 14.2. The maximum absolute atomic E-state index is 16.7. The van der Waals surface area contributed by atoms with E-state index < -0.39 is 271 Å². The van der Waals surface area contributed by atoms with Crippen LogP contribution in [0.5, 0.6) is 69.0 Å². The zero-order valence-electron chi connectivity index (χ0n) is 64.9. The van der Waals surface area contributed by atoms with E-state index in [-0.39, 0.29) is 40.4 Å². The molecule has 21 N–H and O–H groups in total. The van der Waals surface area contributed by atoms with Crippen LogP contribution in [0.15, 0.2) is 115 Å². The fourth-order valence-corrected chi connectivity index (χ4v) is 15.7. The molecule has 2 saturated heterocycles. The number of likely N-dealkylation sites (N-methyl/N-ethyl adjacent to an activating group) is 1. The molecular formula is C83H88Cl2N8O29. The molecule has 8 aliphatic rings. The summed E-state index contributed by atoms with van der Waals surface area (Å²) in [5.74, 6) is -19.5. The first kappa shape index (κ1) is 88.0. The number of carboxylic acid groups (broad SMARTS) is 2. The Morgan fingerprint density at radius 3 is 1.83 bits per heavy atom. The second-order valence-electron chi connectivity index (χ2n) is 30.1. The third kappa shape index (κ3) is 18.9. The predicted molar refractivity (Wildman–Crippen MR) is 424 cm³/mol. The van der Waals surface area contributed by atoms with Gasteiger partial charge in [0.25, 0.3) is 0 Å². The lowest BCUT2D eigenvalue weighted by molar-refractivity contribution is -0.277. The third-order valence-corrected chi connectivity index (χ3v) is 22.4. The van der Waals surface area contributed by atoms with Crippen molar-refractivity contribution >= 4 is 76.5 Å². The molecule has 7 amide bonds. The molecule has 18 atom stereocenters. The van der Waals surface area contributed by atoms with Gasteiger partial charge in [0.15, 0.2) is 35.1 Å². The van der Waals surface area contributed by atoms with Gasteiger partial charge in [-0.3, -0.25) is 33.6 Å². The highest BCUT2D eigenvalue weighted by molar-refractivity contribution is 6.33. The SMILES string of the molecule is CCCCCCCCCCCC(=O)NC1C(Oc2c3cc4cc2Oc2ccc(cc2Cl)[C@@H](O)[C@@H]2NC(=O)[C@H](NC(=O)[C@@H]4NC(=O)[C@H]4NC(=O)[C@@H](Cc5ccc(cc5)O3)NC(=O)[C@H](NC)c3ccc(O)c(c3)Oc3cc(O)c(Cl)c4c3)c3ccc(O)c(c3)-c3c(OC4OC(CO)C(O)C(O)C4O)cc(O)cc3[C@@H](C(=O)O)NC2=O)OC(C(=O)O)C(O)C1O. The lowest BCUT2D eigenvalue weighted by atomic mass is 9.89. The van der Waals surface area contributed by atoms with E-state index in [2.05, 4.69) is 49.5 Å². The minimum absolute atomic E-state index is 0.149. The molecule has 15 rings (SSSR count). The molecule has 7 aromatic rings. The number of carboxylic acids is 2. The topological polar surface area (TPSA) is 577 Å². The molecule has 7 aromatic carbocycles. The Balaban J connectivity index is 1.04. The van der Waals surface area contributed by atoms with Crippen LogP contribution >= 0.6 is 23.2 Å². The van der Waals surface area contributed by atoms with E-state index in [1.807, 2.05) is 0 Å². The summed E-state index contributed by atoms with van der Waals surface area (Å²) in [4.78, 5) is 136. The van der Waals surface area contributed by atoms with E-state index in [4.69, 9.17) is 56.4 Å². The monoisotopic (exact) mass is 1730 g/mol. The molecule has 0 aliphatic carbocycles. The lowest BCUT2D eigenvalue weighted by Crippen LogP contribution is -2.66. The molecule has 2 fully saturated rings. The number of phenols is 4. The number of aliphatic hydroxyl groups is 7. The molecule has 0 aromatic heterocycles. The van der Waals surface area contributed by atoms with Gasteiger partial charge in [0.1, 0.15) is 125 Å². The van der Waals surface area contributed by atoms with Gasteiger partial charge in [-0.1, -0.05) is 112 Å². The van der Waals surface area contributed by atoms with E-state index in [0.717, 1.165) is 118 Å². The maximum Gasteiger partial charge on any atom is 0.335 e. The van der Waals surface area contributed by atoms with Gasteiger partial charge in [-0.2, -0.15) is 0 Å². The van der Waals surface area contributed by atoms with Crippen molar-refractivity contribution in [3.05, 3.63) is 164 Å². The molecule has 37 nitrogen and oxygen atoms in total. The number of unbranched alkanes of at least 4 members (excludes halogenated alkanes) is 8. The molecule has 648 valence electrons. The van der Waals surface area contributed by atoms with Crippen molar-refractivity contribution in [3.8, 4) is 80.1 Å². The van der Waals surface area contributed by atoms with Gasteiger partial charge in [-0.25, -0.2) is 9.59 Å². The first-order valence-corrected chi connectivity index (χ1v) is 39.8. The lowest BCUT2D eigenvalue weighted by Gasteiger charge is -2.41. The number of rotatable bonds is 19. The van der Waals surface area contributed by atoms with E-state index >= 15 is 24.0 Å². The Kier molecular flexibility index (Phi) is 27.1. The van der Waals surface area contributed by atoms with Crippen LogP contribution in [0, 0.1) is 0 Å². The fraction of sp³-hybridized carbons (Fsp3) is 0.386. The van der Waals surface area contributed by atoms with Gasteiger partial charge in [0.2, 0.25) is 59.7 Å². The number of ether oxygens (including phenoxy) is 7. The Hall–Kier alpha value is -11.8. The van der Waals surface area contributed by atoms with Crippen LogP contribution in [-0.4, -0.2) is 207 Å². The molecule has 10 unspecified atom stereocenters. The van der Waals surface area contributed by atoms with Gasteiger partial charge >= 0.3 is 11.9 Å². The molecule has 0 spiro atoms. The highest BCUT2D eigenvalue weighted by atomic mass is 35.5. The summed E-state index contributed by atoms with van der Waals surface area (Å²) in [5.41, 5.74) is -3.28. The molecule has 8 aliphatic heterocycles. The van der Waals surface area contributed by atoms with Crippen molar-refractivity contribution < 1.29 is 143 Å². The van der Waals surface area contributed by atoms with E-state index in [1.165, 1.54) is 49.5 Å². The number of aliphatic hydroxyl groups excluding tert-OH is 7. The maximum atomic E-state index is 16.7. The average Bonchev–Trinajstić information content (AvgIpc) is 0.760. The van der Waals surface area contributed by atoms with Crippen LogP contribution in [0.1, 0.15) is 146 Å². The number of hydrogen-bond acceptors (Lipinski definition) is 28. The number of halogens is 2. The van der Waals surface area contributed by atoms with Crippen molar-refractivity contribution in [1.29, 1.82) is 0 Å². The summed E-state index contributed by atoms with van der Waals surface area (Å²) in [5, 5.41) is 167. The second kappa shape index (κ2) is 37.6. The van der Waals surface area contributed by atoms with Crippen molar-refractivity contribution in [1.82, 2.24) is 42.5 Å². The number of benzene rings is 7. The van der Waals surface area contributed by atoms with Crippen LogP contribution in [-0.2, 0) is 59.0 Å². The Labute approximate surface area is 703 Å². The summed E-state index contributed by atoms with van der Waals surface area (Å²) in [6, 6.07) is 4.43. The zero-order valence-corrected chi connectivity index (χ0v) is 66.5. The quantitative estimate of drug-likeness (QED) is 0.0501. The molecule has 8 heterocycles. The minimum Gasteiger partial charge on any atom is -0.508 e. The number of amides is 7. The molecular weight excluding hydrogens is 1640 g/mol. The number of carbonyl (C=O) groups is 9. The number of hydrogen-bond donors (Lipinski definition) is 21. The molecule has 39 heteroatoms. The number of nitrogens with one attached hydrogen (secondary N) is 8. The molecule has 122 heavy (non-hydrogen) atoms. The highest BCUT2D eigenvalue weighted by Gasteiger charge is 2.52. The Morgan fingerprint density at radius 1 is 0.516 bits per heavy atom. The van der Waals surface area contributed by atoms with Gasteiger partial charge in [0.05, 0.1) is 16.7 Å². The molecule has 0 radical (unpaired) electrons. The summed E-state index contributed by atoms with van der Waals surface area (Å²) < 4.78 is 44.0. The average molecular weight is 1730 g/mol. The van der Waals surface area contributed by atoms with Crippen LogP contribution in [0.25, 0.3) is 11.1 Å². The number of fused-ring (bicyclic) bond motifs is 14. The van der Waals surface area contributed by atoms with Gasteiger partial charge in [0, 0.05) is 47.2 Å². The smallest absolute Gasteiger partial charge is 0.335 e. The van der Waals surface area contributed by atoms with Gasteiger partial charge in [-0.05, 0) is 114 Å². The van der Waals surface area contributed by atoms with E-state index in [9.17, 15) is 85.6 Å². The highest BCUT2D eigenvalue weighted by Crippen LogP contribution is 2.50. The Bertz CT molecular complexity index is 5180. The largest absolute Gasteiger partial charge is 0.508 e. The van der Waals surface area contributed by atoms with Crippen molar-refractivity contribution in [2.45, 2.75) is 187 Å². The standard InChI is InChI=1S/C83H88Cl2N8O29/c1-3-4-5-6-7-8-9-10-11-12-56(99)88-65-68(102)70(104)73(81(114)115)122-82(65)121-72-53-27-38-28-54(72)118-50-22-17-37(25-45(50)84)66(100)64-79(111)92-63(80(112)113)43-29-39(95)30-52(119-83-71(105)69(103)67(101)55(33-94)120-83)57(43)42-24-35(15-20-47(42)96)60(76(108)93-64)89-77(109)61(38)90-78(110)62-44-31-41(32-49(98)58(44)85)117-51-26-36(16-21-48(51)97)59(86-2)75(107)87-46(74(106)91-62)23-34-13-18-40(116-53)19-14-34/h13-22,24-32,46,55,59-71,73,82-83,86,94-98,100-105H,3-12,23,33H2,1-2H3,(H,87,107)(H,88,99)(H,89,109)(H,90,110)(H,91,106)(H,92,111)(H,93,108)(H,112,113)(H,114,115)/t46-,55?,59-,60-,61-,62+,63+,64+,65?,66-,67?,68?,69?,70?,71?,73?,82?,83?/m1/s1. The van der Waals surface area contributed by atoms with E-state index in [1.54, 1.807) is 0 Å². The summed E-state index contributed by atoms with van der Waals surface area (Å²) in [6.45, 7) is 1.12. The number of aromatic hydroxyl groups is 4. The first-order chi connectivity index (χ1) is 58.3. The van der Waals surface area contributed by atoms with Crippen molar-refractivity contribution in [2.75, 3.05) is 13.7 Å². The normalized spacial score (nSPS) is 26.5. The van der Waals surface area contributed by atoms with Crippen LogP contribution in [0.4, 0.5) is 0 Å². The van der Waals surface area contributed by atoms with Crippen LogP contribution < -0.4 is 66.2 Å². The first-order valence-electron chi connectivity index (χ1n) is 39.1. The number of carbonyl (C=O) groups excluding carboxylic acids is 7. The van der Waals surface area contributed by atoms with Crippen LogP contribution in [0.2, 0.25) is 10.0 Å².